The van der Waals surface area contributed by atoms with Crippen LogP contribution in [0, 0.1) is 17.5 Å². The van der Waals surface area contributed by atoms with Crippen LogP contribution in [0.25, 0.3) is 43.6 Å². The van der Waals surface area contributed by atoms with Crippen LogP contribution < -0.4 is 4.74 Å². The van der Waals surface area contributed by atoms with Crippen molar-refractivity contribution in [3.8, 4) is 5.75 Å². The Balaban J connectivity index is 0.000000124. The summed E-state index contributed by atoms with van der Waals surface area (Å²) in [6.45, 7) is 9.71. The number of halogens is 7. The molecule has 16 rings (SSSR count). The van der Waals surface area contributed by atoms with Crippen molar-refractivity contribution in [1.29, 1.82) is 0 Å². The monoisotopic (exact) mass is 1500 g/mol. The number of fused-ring (bicyclic) bond motifs is 12. The summed E-state index contributed by atoms with van der Waals surface area (Å²) in [7, 11) is 2.97. The molecule has 4 atom stereocenters. The molecule has 4 amide bonds. The van der Waals surface area contributed by atoms with Crippen molar-refractivity contribution < 1.29 is 56.0 Å². The van der Waals surface area contributed by atoms with E-state index in [4.69, 9.17) is 70.1 Å². The number of H-pyrrole nitrogens is 4. The van der Waals surface area contributed by atoms with Crippen LogP contribution in [0.15, 0.2) is 170 Å². The lowest BCUT2D eigenvalue weighted by Crippen LogP contribution is -2.42. The molecule has 4 aliphatic rings. The second-order valence-electron chi connectivity index (χ2n) is 25.9. The molecule has 0 spiro atoms. The molecule has 0 saturated heterocycles. The van der Waals surface area contributed by atoms with Gasteiger partial charge in [0.15, 0.2) is 0 Å². The summed E-state index contributed by atoms with van der Waals surface area (Å²) in [5.41, 5.74) is 13.9. The number of nitrogens with zero attached hydrogens (tertiary/aromatic N) is 4. The van der Waals surface area contributed by atoms with Crippen LogP contribution in [0.3, 0.4) is 0 Å². The summed E-state index contributed by atoms with van der Waals surface area (Å²) < 4.78 is 70.0. The Hall–Kier alpha value is -10.3. The van der Waals surface area contributed by atoms with E-state index in [2.05, 4.69) is 19.9 Å². The number of amides is 4. The predicted molar refractivity (Wildman–Crippen MR) is 403 cm³/mol. The van der Waals surface area contributed by atoms with Gasteiger partial charge in [0, 0.05) is 129 Å². The second-order valence-corrected chi connectivity index (χ2v) is 27.6. The lowest BCUT2D eigenvalue weighted by molar-refractivity contribution is 0.0650. The molecular weight excluding hydrogens is 1430 g/mol. The highest BCUT2D eigenvalue weighted by Crippen LogP contribution is 2.45. The number of rotatable bonds is 8. The number of carbonyl (C=O) groups is 4. The van der Waals surface area contributed by atoms with Gasteiger partial charge in [0.1, 0.15) is 47.4 Å². The summed E-state index contributed by atoms with van der Waals surface area (Å²) in [6.07, 6.45) is 0.770. The van der Waals surface area contributed by atoms with Crippen LogP contribution in [0.2, 0.25) is 20.1 Å². The van der Waals surface area contributed by atoms with E-state index in [1.807, 2.05) is 104 Å². The van der Waals surface area contributed by atoms with E-state index in [-0.39, 0.29) is 42.3 Å². The lowest BCUT2D eigenvalue weighted by atomic mass is 9.92. The first-order valence-corrected chi connectivity index (χ1v) is 36.0. The van der Waals surface area contributed by atoms with Gasteiger partial charge < -0.3 is 43.6 Å². The average molecular weight is 1500 g/mol. The topological polar surface area (TPSA) is 191 Å². The molecule has 17 nitrogen and oxygen atoms in total. The van der Waals surface area contributed by atoms with Gasteiger partial charge in [-0.25, -0.2) is 32.3 Å². The number of aromatic amines is 4. The van der Waals surface area contributed by atoms with Crippen molar-refractivity contribution in [1.82, 2.24) is 39.5 Å². The van der Waals surface area contributed by atoms with Gasteiger partial charge in [-0.15, -0.1) is 0 Å². The Bertz CT molecular complexity index is 5250. The Kier molecular flexibility index (Phi) is 22.0. The molecule has 4 aromatic heterocycles. The molecule has 12 aromatic rings. The van der Waals surface area contributed by atoms with Gasteiger partial charge in [-0.05, 0) is 184 Å². The summed E-state index contributed by atoms with van der Waals surface area (Å²) in [6, 6.07) is 48.1. The SMILES string of the molecule is CC(C)OC(=O)N1CCc2c([nH]c3ccc(Cl)cc23)C1c1ccccc1F.CCOC(=O)N1CCc2c([nH]c3ccc(Cl)cc23)C1c1cccc(OC)c1.CCOC(=O)N1CCc2c([nH]c3ccc(Cl)cc23)C1c1ccccc1F.COC(=O)N1CCc2c([nH]c3ccc(Cl)cc23)C1c1ccccc1F. The number of hydrogen-bond donors (Lipinski definition) is 4. The second kappa shape index (κ2) is 31.6. The maximum Gasteiger partial charge on any atom is 0.410 e. The molecule has 0 fully saturated rings. The average Bonchev–Trinajstić information content (AvgIpc) is 1.64. The number of nitrogens with one attached hydrogen (secondary N) is 4. The number of aromatic nitrogens is 4. The highest BCUT2D eigenvalue weighted by atomic mass is 35.5. The van der Waals surface area contributed by atoms with Gasteiger partial charge in [0.2, 0.25) is 0 Å². The molecular formula is C81H75Cl4F3N8O9. The number of methoxy groups -OCH3 is 2. The maximum atomic E-state index is 14.7. The van der Waals surface area contributed by atoms with E-state index in [0.29, 0.717) is 88.8 Å². The van der Waals surface area contributed by atoms with Crippen LogP contribution >= 0.6 is 46.4 Å². The third kappa shape index (κ3) is 14.8. The number of hydrogen-bond acceptors (Lipinski definition) is 9. The minimum absolute atomic E-state index is 0.248. The third-order valence-corrected chi connectivity index (χ3v) is 20.3. The predicted octanol–water partition coefficient (Wildman–Crippen LogP) is 20.1. The molecule has 4 aliphatic heterocycles. The van der Waals surface area contributed by atoms with Crippen molar-refractivity contribution in [2.75, 3.05) is 53.6 Å². The lowest BCUT2D eigenvalue weighted by Gasteiger charge is -2.36. The summed E-state index contributed by atoms with van der Waals surface area (Å²) in [4.78, 5) is 70.3. The Morgan fingerprint density at radius 3 is 1.07 bits per heavy atom. The fraction of sp³-hybridized carbons (Fsp3) is 0.259. The van der Waals surface area contributed by atoms with Crippen LogP contribution in [0.1, 0.15) is 119 Å². The van der Waals surface area contributed by atoms with Crippen LogP contribution in [-0.4, -0.2) is 124 Å². The standard InChI is InChI=1S/C21H20ClFN2O2.C21H21ClN2O3.C20H18ClFN2O2.C19H16ClFN2O2/c1-12(2)27-21(26)25-10-9-14-16-11-13(22)7-8-18(16)24-19(14)20(25)15-5-3-4-6-17(15)23;1-3-27-21(25)24-10-9-16-17-12-14(22)7-8-18(17)23-19(16)20(24)13-5-4-6-15(11-13)26-2;1-2-26-20(25)24-10-9-13-15-11-12(21)7-8-17(15)23-18(13)19(24)14-5-3-4-6-16(14)22;1-25-19(24)23-9-8-12-14-10-11(20)6-7-16(14)22-17(12)18(23)13-4-2-3-5-15(13)21/h3-8,11-12,20,24H,9-10H2,1-2H3;4-8,11-12,20,23H,3,9-10H2,1-2H3;3-8,11,19,23H,2,9-10H2,1H3;2-7,10,18,22H,8-9H2,1H3. The smallest absolute Gasteiger partial charge is 0.410 e. The van der Waals surface area contributed by atoms with Gasteiger partial charge in [0.05, 0.1) is 33.5 Å². The Morgan fingerprint density at radius 1 is 0.419 bits per heavy atom. The van der Waals surface area contributed by atoms with Crippen LogP contribution in [0.5, 0.6) is 5.75 Å². The maximum absolute atomic E-state index is 14.7. The van der Waals surface area contributed by atoms with E-state index < -0.39 is 36.4 Å². The molecule has 4 unspecified atom stereocenters. The van der Waals surface area contributed by atoms with Crippen molar-refractivity contribution in [2.45, 2.75) is 83.6 Å². The van der Waals surface area contributed by atoms with E-state index in [0.717, 1.165) is 101 Å². The summed E-state index contributed by atoms with van der Waals surface area (Å²) in [5.74, 6) is -0.306. The summed E-state index contributed by atoms with van der Waals surface area (Å²) >= 11 is 24.7. The zero-order valence-electron chi connectivity index (χ0n) is 58.2. The fourth-order valence-corrected chi connectivity index (χ4v) is 15.5. The first-order chi connectivity index (χ1) is 50.8. The number of ether oxygens (including phenoxy) is 5. The Labute approximate surface area is 623 Å². The van der Waals surface area contributed by atoms with E-state index in [9.17, 15) is 32.3 Å². The normalized spacial score (nSPS) is 16.6. The molecule has 0 bridgehead atoms. The van der Waals surface area contributed by atoms with Crippen molar-refractivity contribution >= 4 is 114 Å². The highest BCUT2D eigenvalue weighted by molar-refractivity contribution is 6.32. The number of carbonyl (C=O) groups excluding carboxylic acids is 4. The largest absolute Gasteiger partial charge is 0.497 e. The first kappa shape index (κ1) is 73.1. The van der Waals surface area contributed by atoms with E-state index in [1.54, 1.807) is 102 Å². The van der Waals surface area contributed by atoms with Gasteiger partial charge in [-0.1, -0.05) is 113 Å². The molecule has 105 heavy (non-hydrogen) atoms. The van der Waals surface area contributed by atoms with Crippen molar-refractivity contribution in [3.63, 3.8) is 0 Å². The highest BCUT2D eigenvalue weighted by Gasteiger charge is 2.41. The molecule has 4 N–H and O–H groups in total. The molecule has 542 valence electrons. The van der Waals surface area contributed by atoms with Gasteiger partial charge >= 0.3 is 24.4 Å². The first-order valence-electron chi connectivity index (χ1n) is 34.5. The van der Waals surface area contributed by atoms with Gasteiger partial charge in [0.25, 0.3) is 0 Å². The van der Waals surface area contributed by atoms with Crippen LogP contribution in [0.4, 0.5) is 32.3 Å². The molecule has 0 radical (unpaired) electrons. The molecule has 8 heterocycles. The molecule has 0 saturated carbocycles. The van der Waals surface area contributed by atoms with E-state index >= 15 is 0 Å². The fourth-order valence-electron chi connectivity index (χ4n) is 14.8. The summed E-state index contributed by atoms with van der Waals surface area (Å²) in [5, 5.41) is 6.78. The van der Waals surface area contributed by atoms with Crippen molar-refractivity contribution in [2.24, 2.45) is 0 Å². The van der Waals surface area contributed by atoms with Crippen molar-refractivity contribution in [3.05, 3.63) is 275 Å². The molecule has 8 aromatic carbocycles. The Morgan fingerprint density at radius 2 is 0.743 bits per heavy atom. The minimum atomic E-state index is -0.577. The molecule has 24 heteroatoms. The third-order valence-electron chi connectivity index (χ3n) is 19.3. The van der Waals surface area contributed by atoms with E-state index in [1.165, 1.54) is 30.9 Å². The zero-order chi connectivity index (χ0) is 73.9. The van der Waals surface area contributed by atoms with Gasteiger partial charge in [-0.3, -0.25) is 19.6 Å². The minimum Gasteiger partial charge on any atom is -0.497 e. The quantitative estimate of drug-likeness (QED) is 0.107. The number of benzene rings is 8. The molecule has 0 aliphatic carbocycles. The van der Waals surface area contributed by atoms with Crippen LogP contribution in [-0.2, 0) is 44.6 Å². The van der Waals surface area contributed by atoms with Gasteiger partial charge in [-0.2, -0.15) is 0 Å². The zero-order valence-corrected chi connectivity index (χ0v) is 61.3.